The summed E-state index contributed by atoms with van der Waals surface area (Å²) in [5, 5.41) is 11.7. The van der Waals surface area contributed by atoms with E-state index in [0.717, 1.165) is 22.7 Å². The summed E-state index contributed by atoms with van der Waals surface area (Å²) in [6.07, 6.45) is 0.889. The molecule has 0 bridgehead atoms. The first-order chi connectivity index (χ1) is 12.6. The molecule has 1 aromatic heterocycles. The molecular weight excluding hydrogens is 352 g/mol. The van der Waals surface area contributed by atoms with Gasteiger partial charge in [-0.2, -0.15) is 0 Å². The summed E-state index contributed by atoms with van der Waals surface area (Å²) in [5.74, 6) is 0.735. The van der Waals surface area contributed by atoms with E-state index in [2.05, 4.69) is 11.9 Å². The van der Waals surface area contributed by atoms with Crippen LogP contribution in [0.4, 0.5) is 0 Å². The minimum absolute atomic E-state index is 0.00867. The SMILES string of the molecule is CCC(C)N(Cc1ccc(OCc2nc(CO)cs2)cc1)C(=O)COC. The molecule has 0 aliphatic carbocycles. The van der Waals surface area contributed by atoms with Crippen LogP contribution in [0.3, 0.4) is 0 Å². The van der Waals surface area contributed by atoms with Crippen LogP contribution >= 0.6 is 11.3 Å². The standard InChI is InChI=1S/C19H26N2O4S/c1-4-14(2)21(19(23)12-24-3)9-15-5-7-17(8-6-15)25-11-18-20-16(10-22)13-26-18/h5-8,13-14,22H,4,9-12H2,1-3H3. The van der Waals surface area contributed by atoms with Gasteiger partial charge in [0.1, 0.15) is 24.0 Å². The lowest BCUT2D eigenvalue weighted by atomic mass is 10.1. The van der Waals surface area contributed by atoms with E-state index in [1.54, 1.807) is 0 Å². The molecule has 1 atom stereocenters. The first-order valence-electron chi connectivity index (χ1n) is 8.61. The molecule has 0 aliphatic rings. The molecule has 1 heterocycles. The Hall–Kier alpha value is -1.96. The van der Waals surface area contributed by atoms with E-state index in [1.807, 2.05) is 41.5 Å². The number of nitrogens with zero attached hydrogens (tertiary/aromatic N) is 2. The zero-order valence-corrected chi connectivity index (χ0v) is 16.3. The molecule has 6 nitrogen and oxygen atoms in total. The highest BCUT2D eigenvalue weighted by atomic mass is 32.1. The molecule has 7 heteroatoms. The highest BCUT2D eigenvalue weighted by Gasteiger charge is 2.19. The Morgan fingerprint density at radius 1 is 1.35 bits per heavy atom. The molecule has 1 amide bonds. The van der Waals surface area contributed by atoms with Crippen LogP contribution in [0.25, 0.3) is 0 Å². The summed E-state index contributed by atoms with van der Waals surface area (Å²) in [6, 6.07) is 7.87. The highest BCUT2D eigenvalue weighted by molar-refractivity contribution is 7.09. The number of hydrogen-bond acceptors (Lipinski definition) is 6. The number of aliphatic hydroxyl groups excluding tert-OH is 1. The van der Waals surface area contributed by atoms with Crippen LogP contribution in [0.1, 0.15) is 36.5 Å². The van der Waals surface area contributed by atoms with Crippen LogP contribution in [-0.4, -0.2) is 40.7 Å². The Morgan fingerprint density at radius 3 is 2.65 bits per heavy atom. The number of aliphatic hydroxyl groups is 1. The summed E-state index contributed by atoms with van der Waals surface area (Å²) in [7, 11) is 1.53. The lowest BCUT2D eigenvalue weighted by molar-refractivity contribution is -0.138. The first kappa shape index (κ1) is 20.4. The fourth-order valence-electron chi connectivity index (χ4n) is 2.44. The largest absolute Gasteiger partial charge is 0.486 e. The Labute approximate surface area is 158 Å². The number of aromatic nitrogens is 1. The van der Waals surface area contributed by atoms with E-state index in [4.69, 9.17) is 14.6 Å². The van der Waals surface area contributed by atoms with E-state index in [-0.39, 0.29) is 25.2 Å². The third kappa shape index (κ3) is 5.79. The molecule has 1 N–H and O–H groups in total. The Bertz CT molecular complexity index is 687. The number of hydrogen-bond donors (Lipinski definition) is 1. The molecule has 0 radical (unpaired) electrons. The van der Waals surface area contributed by atoms with Crippen molar-refractivity contribution < 1.29 is 19.4 Å². The zero-order chi connectivity index (χ0) is 18.9. The second-order valence-corrected chi connectivity index (χ2v) is 6.98. The Morgan fingerprint density at radius 2 is 2.08 bits per heavy atom. The predicted molar refractivity (Wildman–Crippen MR) is 101 cm³/mol. The quantitative estimate of drug-likeness (QED) is 0.688. The van der Waals surface area contributed by atoms with Crippen molar-refractivity contribution in [2.24, 2.45) is 0 Å². The van der Waals surface area contributed by atoms with E-state index in [1.165, 1.54) is 18.4 Å². The average Bonchev–Trinajstić information content (AvgIpc) is 3.13. The molecule has 26 heavy (non-hydrogen) atoms. The van der Waals surface area contributed by atoms with Crippen LogP contribution in [0.5, 0.6) is 5.75 Å². The van der Waals surface area contributed by atoms with Crippen molar-refractivity contribution in [2.45, 2.75) is 46.1 Å². The molecule has 1 unspecified atom stereocenters. The summed E-state index contributed by atoms with van der Waals surface area (Å²) in [6.45, 7) is 5.06. The van der Waals surface area contributed by atoms with Gasteiger partial charge >= 0.3 is 0 Å². The van der Waals surface area contributed by atoms with Gasteiger partial charge in [0.25, 0.3) is 0 Å². The summed E-state index contributed by atoms with van der Waals surface area (Å²) in [4.78, 5) is 18.3. The maximum atomic E-state index is 12.3. The Balaban J connectivity index is 1.95. The predicted octanol–water partition coefficient (Wildman–Crippen LogP) is 2.99. The first-order valence-corrected chi connectivity index (χ1v) is 9.49. The summed E-state index contributed by atoms with van der Waals surface area (Å²) >= 11 is 1.47. The lowest BCUT2D eigenvalue weighted by Crippen LogP contribution is -2.39. The van der Waals surface area contributed by atoms with Gasteiger partial charge < -0.3 is 19.5 Å². The molecule has 142 valence electrons. The number of carbonyl (C=O) groups is 1. The maximum absolute atomic E-state index is 12.3. The van der Waals surface area contributed by atoms with E-state index in [0.29, 0.717) is 18.8 Å². The second-order valence-electron chi connectivity index (χ2n) is 6.04. The summed E-state index contributed by atoms with van der Waals surface area (Å²) < 4.78 is 10.7. The maximum Gasteiger partial charge on any atom is 0.249 e. The molecule has 0 spiro atoms. The van der Waals surface area contributed by atoms with Gasteiger partial charge in [0.05, 0.1) is 12.3 Å². The molecule has 0 saturated carbocycles. The van der Waals surface area contributed by atoms with Gasteiger partial charge in [0, 0.05) is 25.1 Å². The summed E-state index contributed by atoms with van der Waals surface area (Å²) in [5.41, 5.74) is 1.70. The molecule has 0 saturated heterocycles. The van der Waals surface area contributed by atoms with Gasteiger partial charge in [-0.05, 0) is 31.0 Å². The average molecular weight is 378 g/mol. The molecule has 2 rings (SSSR count). The molecule has 0 fully saturated rings. The molecule has 2 aromatic rings. The van der Waals surface area contributed by atoms with Crippen LogP contribution in [0.15, 0.2) is 29.6 Å². The van der Waals surface area contributed by atoms with Crippen LogP contribution in [0.2, 0.25) is 0 Å². The third-order valence-corrected chi connectivity index (χ3v) is 4.98. The van der Waals surface area contributed by atoms with E-state index in [9.17, 15) is 4.79 Å². The minimum Gasteiger partial charge on any atom is -0.486 e. The molecule has 0 aliphatic heterocycles. The van der Waals surface area contributed by atoms with E-state index >= 15 is 0 Å². The fourth-order valence-corrected chi connectivity index (χ4v) is 3.13. The second kappa shape index (κ2) is 10.3. The van der Waals surface area contributed by atoms with Gasteiger partial charge in [-0.25, -0.2) is 4.98 Å². The number of carbonyl (C=O) groups excluding carboxylic acids is 1. The molecular formula is C19H26N2O4S. The van der Waals surface area contributed by atoms with Crippen molar-refractivity contribution in [1.29, 1.82) is 0 Å². The van der Waals surface area contributed by atoms with Crippen molar-refractivity contribution in [3.63, 3.8) is 0 Å². The zero-order valence-electron chi connectivity index (χ0n) is 15.5. The number of benzene rings is 1. The number of amides is 1. The van der Waals surface area contributed by atoms with Gasteiger partial charge in [0.15, 0.2) is 0 Å². The van der Waals surface area contributed by atoms with Crippen molar-refractivity contribution in [3.8, 4) is 5.75 Å². The van der Waals surface area contributed by atoms with Gasteiger partial charge in [-0.15, -0.1) is 11.3 Å². The van der Waals surface area contributed by atoms with Gasteiger partial charge in [-0.1, -0.05) is 19.1 Å². The number of rotatable bonds is 10. The van der Waals surface area contributed by atoms with Crippen LogP contribution < -0.4 is 4.74 Å². The third-order valence-electron chi connectivity index (χ3n) is 4.11. The monoisotopic (exact) mass is 378 g/mol. The number of thiazole rings is 1. The normalized spacial score (nSPS) is 12.0. The molecule has 1 aromatic carbocycles. The highest BCUT2D eigenvalue weighted by Crippen LogP contribution is 2.18. The number of methoxy groups -OCH3 is 1. The smallest absolute Gasteiger partial charge is 0.249 e. The van der Waals surface area contributed by atoms with Crippen molar-refractivity contribution in [1.82, 2.24) is 9.88 Å². The van der Waals surface area contributed by atoms with Crippen molar-refractivity contribution in [2.75, 3.05) is 13.7 Å². The fraction of sp³-hybridized carbons (Fsp3) is 0.474. The minimum atomic E-state index is -0.0559. The topological polar surface area (TPSA) is 71.9 Å². The Kier molecular flexibility index (Phi) is 8.03. The van der Waals surface area contributed by atoms with Crippen molar-refractivity contribution in [3.05, 3.63) is 45.9 Å². The number of ether oxygens (including phenoxy) is 2. The van der Waals surface area contributed by atoms with Crippen LogP contribution in [0, 0.1) is 0 Å². The van der Waals surface area contributed by atoms with Crippen molar-refractivity contribution >= 4 is 17.2 Å². The van der Waals surface area contributed by atoms with E-state index < -0.39 is 0 Å². The van der Waals surface area contributed by atoms with Gasteiger partial charge in [0.2, 0.25) is 5.91 Å². The van der Waals surface area contributed by atoms with Gasteiger partial charge in [-0.3, -0.25) is 4.79 Å². The van der Waals surface area contributed by atoms with Crippen LogP contribution in [-0.2, 0) is 29.3 Å². The lowest BCUT2D eigenvalue weighted by Gasteiger charge is -2.28.